The predicted molar refractivity (Wildman–Crippen MR) is 78.6 cm³/mol. The van der Waals surface area contributed by atoms with Crippen LogP contribution in [0, 0.1) is 10.1 Å². The minimum absolute atomic E-state index is 0.00108. The molecule has 20 heavy (non-hydrogen) atoms. The molecule has 6 nitrogen and oxygen atoms in total. The molecule has 0 heterocycles. The molecule has 1 N–H and O–H groups in total. The van der Waals surface area contributed by atoms with Crippen LogP contribution in [0.15, 0.2) is 22.7 Å². The average molecular weight is 345 g/mol. The number of non-ortho nitro benzene ring substituents is 1. The van der Waals surface area contributed by atoms with Crippen LogP contribution in [-0.4, -0.2) is 33.0 Å². The third-order valence-corrected chi connectivity index (χ3v) is 3.62. The first-order chi connectivity index (χ1) is 9.11. The Bertz CT molecular complexity index is 526. The lowest BCUT2D eigenvalue weighted by Crippen LogP contribution is -2.43. The first kappa shape index (κ1) is 16.6. The Morgan fingerprint density at radius 1 is 1.45 bits per heavy atom. The number of hydrogen-bond acceptors (Lipinski definition) is 4. The summed E-state index contributed by atoms with van der Waals surface area (Å²) in [5.41, 5.74) is 0.493. The van der Waals surface area contributed by atoms with Crippen molar-refractivity contribution in [3.63, 3.8) is 0 Å². The quantitative estimate of drug-likeness (QED) is 0.655. The molecule has 0 aromatic heterocycles. The Labute approximate surface area is 125 Å². The number of nitro benzene ring substituents is 1. The SMILES string of the molecule is CC(C)(C)N(CC(=O)O)Cc1ccc([N+](=O)[O-])cc1Br. The standard InChI is InChI=1S/C13H17BrN2O4/c1-13(2,3)15(8-12(17)18)7-9-4-5-10(16(19)20)6-11(9)14/h4-6H,7-8H2,1-3H3,(H,17,18). The van der Waals surface area contributed by atoms with Crippen LogP contribution in [0.3, 0.4) is 0 Å². The maximum absolute atomic E-state index is 10.9. The van der Waals surface area contributed by atoms with Gasteiger partial charge in [0.15, 0.2) is 0 Å². The molecular formula is C13H17BrN2O4. The fraction of sp³-hybridized carbons (Fsp3) is 0.462. The van der Waals surface area contributed by atoms with Gasteiger partial charge in [0, 0.05) is 28.7 Å². The highest BCUT2D eigenvalue weighted by Crippen LogP contribution is 2.26. The predicted octanol–water partition coefficient (Wildman–Crippen LogP) is 3.04. The van der Waals surface area contributed by atoms with Crippen molar-refractivity contribution in [2.45, 2.75) is 32.9 Å². The summed E-state index contributed by atoms with van der Waals surface area (Å²) < 4.78 is 0.603. The van der Waals surface area contributed by atoms with Gasteiger partial charge in [-0.05, 0) is 32.4 Å². The first-order valence-corrected chi connectivity index (χ1v) is 6.80. The summed E-state index contributed by atoms with van der Waals surface area (Å²) in [4.78, 5) is 22.9. The van der Waals surface area contributed by atoms with E-state index in [1.165, 1.54) is 12.1 Å². The first-order valence-electron chi connectivity index (χ1n) is 6.01. The van der Waals surface area contributed by atoms with E-state index in [1.54, 1.807) is 11.0 Å². The smallest absolute Gasteiger partial charge is 0.317 e. The lowest BCUT2D eigenvalue weighted by Gasteiger charge is -2.34. The zero-order valence-corrected chi connectivity index (χ0v) is 13.2. The summed E-state index contributed by atoms with van der Waals surface area (Å²) in [6.45, 7) is 6.08. The highest BCUT2D eigenvalue weighted by molar-refractivity contribution is 9.10. The molecular weight excluding hydrogens is 328 g/mol. The molecule has 0 saturated carbocycles. The van der Waals surface area contributed by atoms with Crippen molar-refractivity contribution in [1.82, 2.24) is 4.90 Å². The van der Waals surface area contributed by atoms with Crippen LogP contribution in [0.5, 0.6) is 0 Å². The van der Waals surface area contributed by atoms with E-state index >= 15 is 0 Å². The summed E-state index contributed by atoms with van der Waals surface area (Å²) in [6, 6.07) is 4.49. The number of nitro groups is 1. The Morgan fingerprint density at radius 2 is 2.05 bits per heavy atom. The number of aliphatic carboxylic acids is 1. The van der Waals surface area contributed by atoms with Gasteiger partial charge in [-0.25, -0.2) is 0 Å². The molecule has 0 spiro atoms. The van der Waals surface area contributed by atoms with E-state index in [0.717, 1.165) is 5.56 Å². The van der Waals surface area contributed by atoms with Gasteiger partial charge in [-0.2, -0.15) is 0 Å². The van der Waals surface area contributed by atoms with E-state index in [2.05, 4.69) is 15.9 Å². The van der Waals surface area contributed by atoms with Crippen molar-refractivity contribution < 1.29 is 14.8 Å². The van der Waals surface area contributed by atoms with Gasteiger partial charge in [-0.15, -0.1) is 0 Å². The van der Waals surface area contributed by atoms with Crippen molar-refractivity contribution in [1.29, 1.82) is 0 Å². The Hall–Kier alpha value is -1.47. The van der Waals surface area contributed by atoms with Crippen LogP contribution >= 0.6 is 15.9 Å². The highest BCUT2D eigenvalue weighted by atomic mass is 79.9. The Morgan fingerprint density at radius 3 is 2.45 bits per heavy atom. The van der Waals surface area contributed by atoms with Crippen molar-refractivity contribution in [2.24, 2.45) is 0 Å². The van der Waals surface area contributed by atoms with Gasteiger partial charge < -0.3 is 5.11 Å². The van der Waals surface area contributed by atoms with E-state index in [9.17, 15) is 14.9 Å². The van der Waals surface area contributed by atoms with Crippen molar-refractivity contribution in [3.8, 4) is 0 Å². The van der Waals surface area contributed by atoms with Crippen molar-refractivity contribution >= 4 is 27.6 Å². The zero-order valence-electron chi connectivity index (χ0n) is 11.6. The molecule has 0 bridgehead atoms. The van der Waals surface area contributed by atoms with Crippen LogP contribution in [0.25, 0.3) is 0 Å². The maximum Gasteiger partial charge on any atom is 0.317 e. The summed E-state index contributed by atoms with van der Waals surface area (Å²) in [7, 11) is 0. The molecule has 0 unspecified atom stereocenters. The van der Waals surface area contributed by atoms with E-state index < -0.39 is 10.9 Å². The zero-order chi connectivity index (χ0) is 15.5. The summed E-state index contributed by atoms with van der Waals surface area (Å²) in [6.07, 6.45) is 0. The van der Waals surface area contributed by atoms with Crippen LogP contribution in [0.4, 0.5) is 5.69 Å². The lowest BCUT2D eigenvalue weighted by atomic mass is 10.0. The molecule has 0 amide bonds. The van der Waals surface area contributed by atoms with E-state index in [-0.39, 0.29) is 17.8 Å². The largest absolute Gasteiger partial charge is 0.480 e. The topological polar surface area (TPSA) is 83.7 Å². The molecule has 1 aromatic carbocycles. The molecule has 0 radical (unpaired) electrons. The van der Waals surface area contributed by atoms with Crippen LogP contribution in [-0.2, 0) is 11.3 Å². The molecule has 110 valence electrons. The minimum atomic E-state index is -0.905. The van der Waals surface area contributed by atoms with Gasteiger partial charge in [0.05, 0.1) is 11.5 Å². The molecule has 7 heteroatoms. The second-order valence-electron chi connectivity index (χ2n) is 5.45. The van der Waals surface area contributed by atoms with Crippen LogP contribution < -0.4 is 0 Å². The molecule has 0 saturated heterocycles. The molecule has 0 fully saturated rings. The second-order valence-corrected chi connectivity index (χ2v) is 6.31. The number of benzene rings is 1. The minimum Gasteiger partial charge on any atom is -0.480 e. The molecule has 0 aliphatic carbocycles. The number of halogens is 1. The number of carboxylic acid groups (broad SMARTS) is 1. The van der Waals surface area contributed by atoms with Gasteiger partial charge in [-0.3, -0.25) is 19.8 Å². The molecule has 1 rings (SSSR count). The summed E-state index contributed by atoms with van der Waals surface area (Å²) >= 11 is 3.30. The van der Waals surface area contributed by atoms with Crippen molar-refractivity contribution in [3.05, 3.63) is 38.3 Å². The van der Waals surface area contributed by atoms with Gasteiger partial charge in [0.25, 0.3) is 5.69 Å². The number of hydrogen-bond donors (Lipinski definition) is 1. The van der Waals surface area contributed by atoms with Gasteiger partial charge >= 0.3 is 5.97 Å². The lowest BCUT2D eigenvalue weighted by molar-refractivity contribution is -0.384. The van der Waals surface area contributed by atoms with Crippen LogP contribution in [0.1, 0.15) is 26.3 Å². The third kappa shape index (κ3) is 4.57. The van der Waals surface area contributed by atoms with Crippen molar-refractivity contribution in [2.75, 3.05) is 6.54 Å². The Balaban J connectivity index is 3.00. The summed E-state index contributed by atoms with van der Waals surface area (Å²) in [5, 5.41) is 19.7. The van der Waals surface area contributed by atoms with Gasteiger partial charge in [-0.1, -0.05) is 15.9 Å². The number of nitrogens with zero attached hydrogens (tertiary/aromatic N) is 2. The maximum atomic E-state index is 10.9. The van der Waals surface area contributed by atoms with E-state index in [1.807, 2.05) is 20.8 Å². The summed E-state index contributed by atoms with van der Waals surface area (Å²) in [5.74, 6) is -0.905. The van der Waals surface area contributed by atoms with E-state index in [0.29, 0.717) is 11.0 Å². The normalized spacial score (nSPS) is 11.7. The second kappa shape index (κ2) is 6.32. The number of carboxylic acids is 1. The fourth-order valence-corrected chi connectivity index (χ4v) is 2.17. The van der Waals surface area contributed by atoms with E-state index in [4.69, 9.17) is 5.11 Å². The van der Waals surface area contributed by atoms with Gasteiger partial charge in [0.1, 0.15) is 0 Å². The molecule has 0 atom stereocenters. The average Bonchev–Trinajstić information content (AvgIpc) is 2.28. The monoisotopic (exact) mass is 344 g/mol. The van der Waals surface area contributed by atoms with Crippen LogP contribution in [0.2, 0.25) is 0 Å². The van der Waals surface area contributed by atoms with Gasteiger partial charge in [0.2, 0.25) is 0 Å². The molecule has 1 aromatic rings. The highest BCUT2D eigenvalue weighted by Gasteiger charge is 2.24. The molecule has 0 aliphatic heterocycles. The number of rotatable bonds is 5. The Kier molecular flexibility index (Phi) is 5.24. The fourth-order valence-electron chi connectivity index (χ4n) is 1.68. The molecule has 0 aliphatic rings. The number of carbonyl (C=O) groups is 1. The third-order valence-electron chi connectivity index (χ3n) is 2.88.